The van der Waals surface area contributed by atoms with Crippen LogP contribution in [0.2, 0.25) is 0 Å². The minimum absolute atomic E-state index is 0.414. The van der Waals surface area contributed by atoms with Gasteiger partial charge in [0.15, 0.2) is 0 Å². The van der Waals surface area contributed by atoms with E-state index < -0.39 is 11.6 Å². The van der Waals surface area contributed by atoms with Crippen molar-refractivity contribution >= 4 is 10.9 Å². The molecule has 0 radical (unpaired) electrons. The Bertz CT molecular complexity index is 686. The number of hydrogen-bond acceptors (Lipinski definition) is 0. The molecule has 0 aliphatic heterocycles. The number of rotatable bonds is 1. The van der Waals surface area contributed by atoms with E-state index in [1.807, 2.05) is 24.3 Å². The zero-order valence-electron chi connectivity index (χ0n) is 8.87. The lowest BCUT2D eigenvalue weighted by molar-refractivity contribution is 0.585. The van der Waals surface area contributed by atoms with Crippen LogP contribution >= 0.6 is 0 Å². The van der Waals surface area contributed by atoms with Crippen LogP contribution in [-0.4, -0.2) is 4.98 Å². The topological polar surface area (TPSA) is 15.8 Å². The second kappa shape index (κ2) is 3.70. The van der Waals surface area contributed by atoms with Gasteiger partial charge in [0.2, 0.25) is 0 Å². The normalized spacial score (nSPS) is 10.9. The highest BCUT2D eigenvalue weighted by Gasteiger charge is 2.09. The van der Waals surface area contributed by atoms with Gasteiger partial charge in [-0.15, -0.1) is 0 Å². The van der Waals surface area contributed by atoms with Gasteiger partial charge in [0.05, 0.1) is 0 Å². The van der Waals surface area contributed by atoms with Gasteiger partial charge in [-0.3, -0.25) is 0 Å². The third-order valence-corrected chi connectivity index (χ3v) is 2.82. The Morgan fingerprint density at radius 2 is 1.76 bits per heavy atom. The zero-order chi connectivity index (χ0) is 11.8. The number of nitrogens with one attached hydrogen (secondary N) is 1. The maximum Gasteiger partial charge on any atom is 0.133 e. The summed E-state index contributed by atoms with van der Waals surface area (Å²) in [5, 5.41) is 0.929. The molecule has 1 N–H and O–H groups in total. The summed E-state index contributed by atoms with van der Waals surface area (Å²) in [6, 6.07) is 11.1. The van der Waals surface area contributed by atoms with Gasteiger partial charge in [0, 0.05) is 28.7 Å². The molecule has 0 atom stereocenters. The quantitative estimate of drug-likeness (QED) is 0.646. The summed E-state index contributed by atoms with van der Waals surface area (Å²) in [7, 11) is 0. The highest BCUT2D eigenvalue weighted by molar-refractivity contribution is 5.95. The molecule has 3 rings (SSSR count). The first-order valence-corrected chi connectivity index (χ1v) is 5.27. The van der Waals surface area contributed by atoms with Crippen molar-refractivity contribution in [1.29, 1.82) is 0 Å². The van der Waals surface area contributed by atoms with Gasteiger partial charge in [0.1, 0.15) is 11.6 Å². The van der Waals surface area contributed by atoms with E-state index in [-0.39, 0.29) is 0 Å². The van der Waals surface area contributed by atoms with Crippen LogP contribution in [0, 0.1) is 11.6 Å². The number of aromatic nitrogens is 1. The summed E-state index contributed by atoms with van der Waals surface area (Å²) in [6.07, 6.45) is 1.80. The van der Waals surface area contributed by atoms with Gasteiger partial charge in [0.25, 0.3) is 0 Å². The van der Waals surface area contributed by atoms with Crippen molar-refractivity contribution in [2.75, 3.05) is 0 Å². The van der Waals surface area contributed by atoms with Crippen molar-refractivity contribution in [3.63, 3.8) is 0 Å². The van der Waals surface area contributed by atoms with Crippen LogP contribution in [0.15, 0.2) is 48.7 Å². The molecule has 0 fully saturated rings. The third kappa shape index (κ3) is 1.60. The molecule has 0 amide bonds. The average Bonchev–Trinajstić information content (AvgIpc) is 2.77. The first kappa shape index (κ1) is 10.0. The highest BCUT2D eigenvalue weighted by atomic mass is 19.1. The molecule has 2 aromatic carbocycles. The standard InChI is InChI=1S/C14H9F2N/c15-9-4-5-11(13(16)8-9)10-2-1-3-14-12(10)6-7-17-14/h1-8,17H. The largest absolute Gasteiger partial charge is 0.361 e. The molecule has 3 aromatic rings. The second-order valence-corrected chi connectivity index (χ2v) is 3.87. The molecule has 1 aromatic heterocycles. The fourth-order valence-electron chi connectivity index (χ4n) is 2.03. The van der Waals surface area contributed by atoms with Crippen molar-refractivity contribution in [2.24, 2.45) is 0 Å². The van der Waals surface area contributed by atoms with Crippen LogP contribution in [0.5, 0.6) is 0 Å². The molecule has 0 aliphatic carbocycles. The third-order valence-electron chi connectivity index (χ3n) is 2.82. The Morgan fingerprint density at radius 3 is 2.59 bits per heavy atom. The summed E-state index contributed by atoms with van der Waals surface area (Å²) in [5.74, 6) is -1.11. The van der Waals surface area contributed by atoms with Gasteiger partial charge < -0.3 is 4.98 Å². The lowest BCUT2D eigenvalue weighted by Gasteiger charge is -2.05. The van der Waals surface area contributed by atoms with E-state index >= 15 is 0 Å². The number of halogens is 2. The Hall–Kier alpha value is -2.16. The molecule has 0 spiro atoms. The molecular weight excluding hydrogens is 220 g/mol. The summed E-state index contributed by atoms with van der Waals surface area (Å²) in [5.41, 5.74) is 2.11. The summed E-state index contributed by atoms with van der Waals surface area (Å²) in [6.45, 7) is 0. The number of H-pyrrole nitrogens is 1. The Kier molecular flexibility index (Phi) is 2.18. The van der Waals surface area contributed by atoms with Crippen molar-refractivity contribution in [2.45, 2.75) is 0 Å². The van der Waals surface area contributed by atoms with Crippen molar-refractivity contribution in [1.82, 2.24) is 4.98 Å². The molecule has 84 valence electrons. The van der Waals surface area contributed by atoms with Crippen molar-refractivity contribution in [3.05, 3.63) is 60.3 Å². The molecular formula is C14H9F2N. The van der Waals surface area contributed by atoms with Crippen LogP contribution in [-0.2, 0) is 0 Å². The average molecular weight is 229 g/mol. The Balaban J connectivity index is 2.30. The van der Waals surface area contributed by atoms with Crippen LogP contribution < -0.4 is 0 Å². The van der Waals surface area contributed by atoms with Gasteiger partial charge in [-0.05, 0) is 29.8 Å². The molecule has 1 nitrogen and oxygen atoms in total. The molecule has 0 unspecified atom stereocenters. The maximum atomic E-state index is 13.7. The van der Waals surface area contributed by atoms with Crippen LogP contribution in [0.25, 0.3) is 22.0 Å². The van der Waals surface area contributed by atoms with Gasteiger partial charge in [-0.1, -0.05) is 12.1 Å². The minimum atomic E-state index is -0.563. The highest BCUT2D eigenvalue weighted by Crippen LogP contribution is 2.30. The lowest BCUT2D eigenvalue weighted by Crippen LogP contribution is -1.86. The molecule has 0 saturated carbocycles. The monoisotopic (exact) mass is 229 g/mol. The minimum Gasteiger partial charge on any atom is -0.361 e. The number of aromatic amines is 1. The summed E-state index contributed by atoms with van der Waals surface area (Å²) < 4.78 is 26.6. The molecule has 0 bridgehead atoms. The predicted molar refractivity (Wildman–Crippen MR) is 63.7 cm³/mol. The zero-order valence-corrected chi connectivity index (χ0v) is 8.87. The fourth-order valence-corrected chi connectivity index (χ4v) is 2.03. The van der Waals surface area contributed by atoms with Crippen molar-refractivity contribution < 1.29 is 8.78 Å². The molecule has 3 heteroatoms. The first-order chi connectivity index (χ1) is 8.25. The van der Waals surface area contributed by atoms with Crippen LogP contribution in [0.1, 0.15) is 0 Å². The van der Waals surface area contributed by atoms with E-state index in [0.29, 0.717) is 5.56 Å². The number of hydrogen-bond donors (Lipinski definition) is 1. The Labute approximate surface area is 96.7 Å². The van der Waals surface area contributed by atoms with Crippen molar-refractivity contribution in [3.8, 4) is 11.1 Å². The van der Waals surface area contributed by atoms with E-state index in [2.05, 4.69) is 4.98 Å². The lowest BCUT2D eigenvalue weighted by atomic mass is 10.0. The van der Waals surface area contributed by atoms with Crippen LogP contribution in [0.4, 0.5) is 8.78 Å². The van der Waals surface area contributed by atoms with Crippen LogP contribution in [0.3, 0.4) is 0 Å². The van der Waals surface area contributed by atoms with Gasteiger partial charge in [-0.2, -0.15) is 0 Å². The van der Waals surface area contributed by atoms with E-state index in [0.717, 1.165) is 22.5 Å². The molecule has 0 saturated heterocycles. The van der Waals surface area contributed by atoms with Gasteiger partial charge in [-0.25, -0.2) is 8.78 Å². The molecule has 17 heavy (non-hydrogen) atoms. The predicted octanol–water partition coefficient (Wildman–Crippen LogP) is 4.11. The Morgan fingerprint density at radius 1 is 0.882 bits per heavy atom. The summed E-state index contributed by atoms with van der Waals surface area (Å²) >= 11 is 0. The first-order valence-electron chi connectivity index (χ1n) is 5.27. The molecule has 0 aliphatic rings. The fraction of sp³-hybridized carbons (Fsp3) is 0. The number of fused-ring (bicyclic) bond motifs is 1. The van der Waals surface area contributed by atoms with E-state index in [4.69, 9.17) is 0 Å². The smallest absolute Gasteiger partial charge is 0.133 e. The van der Waals surface area contributed by atoms with Gasteiger partial charge >= 0.3 is 0 Å². The SMILES string of the molecule is Fc1ccc(-c2cccc3[nH]ccc23)c(F)c1. The second-order valence-electron chi connectivity index (χ2n) is 3.87. The van der Waals surface area contributed by atoms with E-state index in [1.54, 1.807) is 6.20 Å². The van der Waals surface area contributed by atoms with E-state index in [1.165, 1.54) is 12.1 Å². The maximum absolute atomic E-state index is 13.7. The van der Waals surface area contributed by atoms with E-state index in [9.17, 15) is 8.78 Å². The molecule has 1 heterocycles. The summed E-state index contributed by atoms with van der Waals surface area (Å²) in [4.78, 5) is 3.06. The number of benzene rings is 2.